The number of guanidine groups is 1. The standard InChI is InChI=1S/C21H36N4O2/c1-5-11-23-20(26)19-10-7-9-18(14-19)15-25-21(22-6-2)24-12-8-13-27-16-17(3)4/h7,9-10,14,17H,5-6,8,11-13,15-16H2,1-4H3,(H,23,26)(H2,22,24,25). The third kappa shape index (κ3) is 10.6. The van der Waals surface area contributed by atoms with Crippen LogP contribution in [0.3, 0.4) is 0 Å². The quantitative estimate of drug-likeness (QED) is 0.298. The fourth-order valence-corrected chi connectivity index (χ4v) is 2.36. The van der Waals surface area contributed by atoms with Crippen LogP contribution in [0.4, 0.5) is 0 Å². The average molecular weight is 377 g/mol. The van der Waals surface area contributed by atoms with E-state index in [2.05, 4.69) is 34.8 Å². The molecule has 0 radical (unpaired) electrons. The van der Waals surface area contributed by atoms with E-state index in [-0.39, 0.29) is 5.91 Å². The topological polar surface area (TPSA) is 74.8 Å². The van der Waals surface area contributed by atoms with Crippen molar-refractivity contribution in [2.24, 2.45) is 10.9 Å². The van der Waals surface area contributed by atoms with Gasteiger partial charge in [0, 0.05) is 38.4 Å². The maximum atomic E-state index is 12.1. The predicted octanol–water partition coefficient (Wildman–Crippen LogP) is 2.94. The predicted molar refractivity (Wildman–Crippen MR) is 112 cm³/mol. The van der Waals surface area contributed by atoms with Crippen molar-refractivity contribution in [3.8, 4) is 0 Å². The third-order valence-electron chi connectivity index (χ3n) is 3.70. The number of carbonyl (C=O) groups excluding carboxylic acids is 1. The first-order valence-electron chi connectivity index (χ1n) is 10.0. The van der Waals surface area contributed by atoms with Crippen molar-refractivity contribution >= 4 is 11.9 Å². The summed E-state index contributed by atoms with van der Waals surface area (Å²) in [6, 6.07) is 7.62. The van der Waals surface area contributed by atoms with Gasteiger partial charge in [0.25, 0.3) is 5.91 Å². The summed E-state index contributed by atoms with van der Waals surface area (Å²) in [6.07, 6.45) is 1.86. The van der Waals surface area contributed by atoms with Crippen LogP contribution in [0.1, 0.15) is 56.5 Å². The average Bonchev–Trinajstić information content (AvgIpc) is 2.66. The molecular weight excluding hydrogens is 340 g/mol. The van der Waals surface area contributed by atoms with Gasteiger partial charge in [0.05, 0.1) is 6.54 Å². The Morgan fingerprint density at radius 1 is 1.15 bits per heavy atom. The van der Waals surface area contributed by atoms with Crippen LogP contribution in [0.5, 0.6) is 0 Å². The highest BCUT2D eigenvalue weighted by Crippen LogP contribution is 2.07. The van der Waals surface area contributed by atoms with E-state index in [4.69, 9.17) is 4.74 Å². The molecule has 0 aliphatic carbocycles. The van der Waals surface area contributed by atoms with E-state index in [1.165, 1.54) is 0 Å². The van der Waals surface area contributed by atoms with Gasteiger partial charge in [-0.05, 0) is 43.4 Å². The van der Waals surface area contributed by atoms with Crippen molar-refractivity contribution in [3.63, 3.8) is 0 Å². The smallest absolute Gasteiger partial charge is 0.251 e. The molecule has 3 N–H and O–H groups in total. The molecule has 0 heterocycles. The van der Waals surface area contributed by atoms with Gasteiger partial charge < -0.3 is 20.7 Å². The van der Waals surface area contributed by atoms with Gasteiger partial charge in [0.1, 0.15) is 0 Å². The lowest BCUT2D eigenvalue weighted by Crippen LogP contribution is -2.38. The second-order valence-corrected chi connectivity index (χ2v) is 6.90. The molecule has 0 aliphatic rings. The molecule has 0 saturated heterocycles. The van der Waals surface area contributed by atoms with Crippen molar-refractivity contribution in [1.29, 1.82) is 0 Å². The van der Waals surface area contributed by atoms with Crippen LogP contribution in [-0.4, -0.2) is 44.7 Å². The number of hydrogen-bond donors (Lipinski definition) is 3. The van der Waals surface area contributed by atoms with Gasteiger partial charge in [0.15, 0.2) is 5.96 Å². The first kappa shape index (κ1) is 23.0. The number of hydrogen-bond acceptors (Lipinski definition) is 3. The Bertz CT molecular complexity index is 573. The summed E-state index contributed by atoms with van der Waals surface area (Å²) in [5, 5.41) is 9.47. The number of amides is 1. The van der Waals surface area contributed by atoms with E-state index in [0.29, 0.717) is 24.6 Å². The summed E-state index contributed by atoms with van der Waals surface area (Å²) in [5.74, 6) is 1.31. The van der Waals surface area contributed by atoms with E-state index in [9.17, 15) is 4.79 Å². The molecule has 6 heteroatoms. The summed E-state index contributed by atoms with van der Waals surface area (Å²) in [6.45, 7) is 12.8. The SMILES string of the molecule is CCCNC(=O)c1cccc(CN=C(NCC)NCCCOCC(C)C)c1. The minimum atomic E-state index is -0.0332. The van der Waals surface area contributed by atoms with Gasteiger partial charge in [-0.15, -0.1) is 0 Å². The summed E-state index contributed by atoms with van der Waals surface area (Å²) in [4.78, 5) is 16.7. The molecule has 1 aromatic carbocycles. The monoisotopic (exact) mass is 376 g/mol. The van der Waals surface area contributed by atoms with Crippen LogP contribution in [0.25, 0.3) is 0 Å². The van der Waals surface area contributed by atoms with Crippen molar-refractivity contribution in [2.45, 2.75) is 47.1 Å². The molecule has 6 nitrogen and oxygen atoms in total. The number of nitrogens with one attached hydrogen (secondary N) is 3. The molecule has 0 spiro atoms. The van der Waals surface area contributed by atoms with E-state index in [0.717, 1.165) is 50.7 Å². The van der Waals surface area contributed by atoms with Crippen LogP contribution in [0, 0.1) is 5.92 Å². The lowest BCUT2D eigenvalue weighted by Gasteiger charge is -2.12. The molecule has 1 aromatic rings. The van der Waals surface area contributed by atoms with Gasteiger partial charge >= 0.3 is 0 Å². The second-order valence-electron chi connectivity index (χ2n) is 6.90. The van der Waals surface area contributed by atoms with Crippen LogP contribution in [0.2, 0.25) is 0 Å². The fraction of sp³-hybridized carbons (Fsp3) is 0.619. The van der Waals surface area contributed by atoms with Gasteiger partial charge in [-0.3, -0.25) is 4.79 Å². The van der Waals surface area contributed by atoms with Crippen LogP contribution < -0.4 is 16.0 Å². The fourth-order valence-electron chi connectivity index (χ4n) is 2.36. The first-order chi connectivity index (χ1) is 13.1. The molecule has 1 amide bonds. The van der Waals surface area contributed by atoms with Crippen molar-refractivity contribution in [2.75, 3.05) is 32.8 Å². The highest BCUT2D eigenvalue weighted by molar-refractivity contribution is 5.94. The molecule has 0 bridgehead atoms. The maximum absolute atomic E-state index is 12.1. The second kappa shape index (κ2) is 14.0. The summed E-state index contributed by atoms with van der Waals surface area (Å²) in [7, 11) is 0. The third-order valence-corrected chi connectivity index (χ3v) is 3.70. The Morgan fingerprint density at radius 3 is 2.67 bits per heavy atom. The minimum absolute atomic E-state index is 0.0332. The maximum Gasteiger partial charge on any atom is 0.251 e. The Labute approximate surface area is 164 Å². The number of nitrogens with zero attached hydrogens (tertiary/aromatic N) is 1. The zero-order chi connectivity index (χ0) is 19.9. The Morgan fingerprint density at radius 2 is 1.96 bits per heavy atom. The van der Waals surface area contributed by atoms with Crippen molar-refractivity contribution < 1.29 is 9.53 Å². The molecule has 27 heavy (non-hydrogen) atoms. The molecule has 0 unspecified atom stereocenters. The molecule has 0 atom stereocenters. The molecule has 0 aliphatic heterocycles. The van der Waals surface area contributed by atoms with E-state index < -0.39 is 0 Å². The molecule has 0 aromatic heterocycles. The first-order valence-corrected chi connectivity index (χ1v) is 10.0. The highest BCUT2D eigenvalue weighted by Gasteiger charge is 2.05. The number of benzene rings is 1. The number of aliphatic imine (C=N–C) groups is 1. The van der Waals surface area contributed by atoms with Gasteiger partial charge in [-0.2, -0.15) is 0 Å². The zero-order valence-electron chi connectivity index (χ0n) is 17.3. The van der Waals surface area contributed by atoms with Crippen molar-refractivity contribution in [3.05, 3.63) is 35.4 Å². The largest absolute Gasteiger partial charge is 0.381 e. The van der Waals surface area contributed by atoms with Crippen molar-refractivity contribution in [1.82, 2.24) is 16.0 Å². The molecule has 152 valence electrons. The number of carbonyl (C=O) groups is 1. The summed E-state index contributed by atoms with van der Waals surface area (Å²) < 4.78 is 5.59. The van der Waals surface area contributed by atoms with Crippen LogP contribution >= 0.6 is 0 Å². The highest BCUT2D eigenvalue weighted by atomic mass is 16.5. The molecule has 1 rings (SSSR count). The minimum Gasteiger partial charge on any atom is -0.381 e. The zero-order valence-corrected chi connectivity index (χ0v) is 17.3. The van der Waals surface area contributed by atoms with Gasteiger partial charge in [-0.1, -0.05) is 32.9 Å². The van der Waals surface area contributed by atoms with Gasteiger partial charge in [0.2, 0.25) is 0 Å². The number of rotatable bonds is 12. The summed E-state index contributed by atoms with van der Waals surface area (Å²) in [5.41, 5.74) is 1.69. The molecule has 0 fully saturated rings. The van der Waals surface area contributed by atoms with Gasteiger partial charge in [-0.25, -0.2) is 4.99 Å². The molecular formula is C21H36N4O2. The Balaban J connectivity index is 2.50. The van der Waals surface area contributed by atoms with E-state index in [1.54, 1.807) is 0 Å². The summed E-state index contributed by atoms with van der Waals surface area (Å²) >= 11 is 0. The normalized spacial score (nSPS) is 11.5. The van der Waals surface area contributed by atoms with E-state index >= 15 is 0 Å². The lowest BCUT2D eigenvalue weighted by atomic mass is 10.1. The number of ether oxygens (including phenoxy) is 1. The Hall–Kier alpha value is -2.08. The lowest BCUT2D eigenvalue weighted by molar-refractivity contribution is 0.0953. The van der Waals surface area contributed by atoms with E-state index in [1.807, 2.05) is 38.1 Å². The molecule has 0 saturated carbocycles. The Kier molecular flexibility index (Phi) is 11.9. The van der Waals surface area contributed by atoms with Crippen LogP contribution in [0.15, 0.2) is 29.3 Å². The van der Waals surface area contributed by atoms with Crippen LogP contribution in [-0.2, 0) is 11.3 Å².